The molecule has 1 heterocycles. The van der Waals surface area contributed by atoms with Crippen LogP contribution in [-0.2, 0) is 11.3 Å². The zero-order valence-corrected chi connectivity index (χ0v) is 17.2. The number of aryl methyl sites for hydroxylation is 3. The van der Waals surface area contributed by atoms with Crippen LogP contribution in [0.4, 0.5) is 21.7 Å². The Balaban J connectivity index is 1.88. The third-order valence-corrected chi connectivity index (χ3v) is 4.48. The van der Waals surface area contributed by atoms with Gasteiger partial charge < -0.3 is 15.4 Å². The molecule has 0 spiro atoms. The summed E-state index contributed by atoms with van der Waals surface area (Å²) in [4.78, 5) is 29.6. The van der Waals surface area contributed by atoms with E-state index in [0.717, 1.165) is 5.56 Å². The summed E-state index contributed by atoms with van der Waals surface area (Å²) in [7, 11) is 1.52. The van der Waals surface area contributed by atoms with Crippen LogP contribution >= 0.6 is 0 Å². The van der Waals surface area contributed by atoms with E-state index in [1.165, 1.54) is 23.8 Å². The van der Waals surface area contributed by atoms with Gasteiger partial charge in [-0.25, -0.2) is 9.37 Å². The predicted molar refractivity (Wildman–Crippen MR) is 114 cm³/mol. The molecule has 156 valence electrons. The molecule has 0 fully saturated rings. The van der Waals surface area contributed by atoms with Crippen LogP contribution in [0.1, 0.15) is 16.8 Å². The molecule has 1 aromatic heterocycles. The molecule has 1 amide bonds. The van der Waals surface area contributed by atoms with E-state index >= 15 is 0 Å². The van der Waals surface area contributed by atoms with E-state index in [1.54, 1.807) is 38.1 Å². The van der Waals surface area contributed by atoms with Crippen LogP contribution in [-0.4, -0.2) is 22.6 Å². The van der Waals surface area contributed by atoms with Crippen molar-refractivity contribution in [3.8, 4) is 5.75 Å². The third kappa shape index (κ3) is 4.83. The fourth-order valence-electron chi connectivity index (χ4n) is 2.97. The largest absolute Gasteiger partial charge is 0.495 e. The summed E-state index contributed by atoms with van der Waals surface area (Å²) in [5, 5.41) is 5.78. The third-order valence-electron chi connectivity index (χ3n) is 4.48. The molecule has 0 bridgehead atoms. The summed E-state index contributed by atoms with van der Waals surface area (Å²) in [6, 6.07) is 11.2. The van der Waals surface area contributed by atoms with Crippen molar-refractivity contribution >= 4 is 23.2 Å². The number of halogens is 1. The van der Waals surface area contributed by atoms with Crippen molar-refractivity contribution in [2.75, 3.05) is 17.7 Å². The van der Waals surface area contributed by atoms with Gasteiger partial charge in [0, 0.05) is 17.4 Å². The minimum Gasteiger partial charge on any atom is -0.495 e. The Morgan fingerprint density at radius 3 is 2.60 bits per heavy atom. The summed E-state index contributed by atoms with van der Waals surface area (Å²) < 4.78 is 20.1. The number of benzene rings is 2. The second-order valence-electron chi connectivity index (χ2n) is 6.99. The Labute approximate surface area is 173 Å². The van der Waals surface area contributed by atoms with Crippen molar-refractivity contribution < 1.29 is 13.9 Å². The summed E-state index contributed by atoms with van der Waals surface area (Å²) in [6.45, 7) is 4.96. The van der Waals surface area contributed by atoms with Crippen molar-refractivity contribution in [3.05, 3.63) is 75.5 Å². The molecule has 0 aliphatic carbocycles. The van der Waals surface area contributed by atoms with E-state index in [4.69, 9.17) is 4.74 Å². The van der Waals surface area contributed by atoms with Gasteiger partial charge in [0.25, 0.3) is 5.56 Å². The van der Waals surface area contributed by atoms with Gasteiger partial charge in [-0.05, 0) is 62.2 Å². The monoisotopic (exact) mass is 410 g/mol. The molecule has 0 aliphatic heterocycles. The molecular formula is C22H23FN4O3. The van der Waals surface area contributed by atoms with Crippen LogP contribution in [0.5, 0.6) is 5.75 Å². The maximum absolute atomic E-state index is 13.6. The molecule has 30 heavy (non-hydrogen) atoms. The molecule has 0 atom stereocenters. The molecule has 7 nitrogen and oxygen atoms in total. The van der Waals surface area contributed by atoms with E-state index in [2.05, 4.69) is 15.6 Å². The van der Waals surface area contributed by atoms with Crippen molar-refractivity contribution in [2.24, 2.45) is 0 Å². The second kappa shape index (κ2) is 8.77. The highest BCUT2D eigenvalue weighted by molar-refractivity contribution is 5.92. The van der Waals surface area contributed by atoms with Gasteiger partial charge in [0.15, 0.2) is 0 Å². The van der Waals surface area contributed by atoms with Gasteiger partial charge in [0.05, 0.1) is 12.8 Å². The zero-order valence-electron chi connectivity index (χ0n) is 17.2. The fourth-order valence-corrected chi connectivity index (χ4v) is 2.97. The highest BCUT2D eigenvalue weighted by atomic mass is 19.1. The Hall–Kier alpha value is -3.68. The number of rotatable bonds is 6. The Morgan fingerprint density at radius 2 is 1.90 bits per heavy atom. The Bertz CT molecular complexity index is 1160. The van der Waals surface area contributed by atoms with Gasteiger partial charge >= 0.3 is 0 Å². The molecule has 2 N–H and O–H groups in total. The molecule has 2 aromatic carbocycles. The number of hydrogen-bond acceptors (Lipinski definition) is 5. The average molecular weight is 410 g/mol. The van der Waals surface area contributed by atoms with Crippen molar-refractivity contribution in [1.82, 2.24) is 9.55 Å². The van der Waals surface area contributed by atoms with Gasteiger partial charge in [-0.15, -0.1) is 0 Å². The van der Waals surface area contributed by atoms with E-state index in [-0.39, 0.29) is 23.9 Å². The summed E-state index contributed by atoms with van der Waals surface area (Å²) in [5.41, 5.74) is 2.59. The van der Waals surface area contributed by atoms with Gasteiger partial charge in [-0.1, -0.05) is 6.07 Å². The molecule has 3 aromatic rings. The van der Waals surface area contributed by atoms with Gasteiger partial charge in [0.2, 0.25) is 11.9 Å². The van der Waals surface area contributed by atoms with E-state index < -0.39 is 5.91 Å². The highest BCUT2D eigenvalue weighted by Crippen LogP contribution is 2.25. The lowest BCUT2D eigenvalue weighted by atomic mass is 10.2. The number of ether oxygens (including phenoxy) is 1. The molecule has 3 rings (SSSR count). The maximum Gasteiger partial charge on any atom is 0.255 e. The number of carbonyl (C=O) groups is 1. The molecular weight excluding hydrogens is 387 g/mol. The zero-order chi connectivity index (χ0) is 21.8. The predicted octanol–water partition coefficient (Wildman–Crippen LogP) is 3.70. The minimum absolute atomic E-state index is 0.192. The van der Waals surface area contributed by atoms with Gasteiger partial charge in [0.1, 0.15) is 18.1 Å². The Morgan fingerprint density at radius 1 is 1.13 bits per heavy atom. The number of anilines is 3. The summed E-state index contributed by atoms with van der Waals surface area (Å²) in [6.07, 6.45) is 0. The quantitative estimate of drug-likeness (QED) is 0.647. The van der Waals surface area contributed by atoms with Crippen LogP contribution in [0.2, 0.25) is 0 Å². The van der Waals surface area contributed by atoms with Crippen LogP contribution < -0.4 is 20.9 Å². The summed E-state index contributed by atoms with van der Waals surface area (Å²) in [5.74, 6) is -0.0348. The topological polar surface area (TPSA) is 85.2 Å². The first kappa shape index (κ1) is 21.0. The number of hydrogen-bond donors (Lipinski definition) is 2. The first-order chi connectivity index (χ1) is 14.3. The second-order valence-corrected chi connectivity index (χ2v) is 6.99. The first-order valence-electron chi connectivity index (χ1n) is 9.33. The minimum atomic E-state index is -0.412. The smallest absolute Gasteiger partial charge is 0.255 e. The molecule has 8 heteroatoms. The standard InChI is InChI=1S/C22H23FN4O3/c1-13-5-8-19(30-4)18(9-13)26-20(28)12-27-21(29)11-15(3)24-22(27)25-16-6-7-17(23)14(2)10-16/h5-11H,12H2,1-4H3,(H,24,25)(H,26,28). The molecule has 0 aliphatic rings. The van der Waals surface area contributed by atoms with Crippen LogP contribution in [0.15, 0.2) is 47.3 Å². The van der Waals surface area contributed by atoms with Crippen molar-refractivity contribution in [1.29, 1.82) is 0 Å². The number of methoxy groups -OCH3 is 1. The lowest BCUT2D eigenvalue weighted by Gasteiger charge is -2.15. The summed E-state index contributed by atoms with van der Waals surface area (Å²) >= 11 is 0. The van der Waals surface area contributed by atoms with E-state index in [0.29, 0.717) is 28.4 Å². The van der Waals surface area contributed by atoms with Crippen LogP contribution in [0.25, 0.3) is 0 Å². The normalized spacial score (nSPS) is 10.6. The molecule has 0 saturated carbocycles. The van der Waals surface area contributed by atoms with E-state index in [1.807, 2.05) is 13.0 Å². The van der Waals surface area contributed by atoms with Crippen molar-refractivity contribution in [2.45, 2.75) is 27.3 Å². The molecule has 0 saturated heterocycles. The number of amides is 1. The van der Waals surface area contributed by atoms with Gasteiger partial charge in [-0.2, -0.15) is 0 Å². The number of nitrogens with one attached hydrogen (secondary N) is 2. The number of carbonyl (C=O) groups excluding carboxylic acids is 1. The van der Waals surface area contributed by atoms with E-state index in [9.17, 15) is 14.0 Å². The molecule has 0 unspecified atom stereocenters. The lowest BCUT2D eigenvalue weighted by molar-refractivity contribution is -0.116. The SMILES string of the molecule is COc1ccc(C)cc1NC(=O)Cn1c(Nc2ccc(F)c(C)c2)nc(C)cc1=O. The maximum atomic E-state index is 13.6. The number of aromatic nitrogens is 2. The number of nitrogens with zero attached hydrogens (tertiary/aromatic N) is 2. The fraction of sp³-hybridized carbons (Fsp3) is 0.227. The van der Waals surface area contributed by atoms with Crippen LogP contribution in [0, 0.1) is 26.6 Å². The Kier molecular flexibility index (Phi) is 6.15. The molecule has 0 radical (unpaired) electrons. The van der Waals surface area contributed by atoms with Crippen molar-refractivity contribution in [3.63, 3.8) is 0 Å². The highest BCUT2D eigenvalue weighted by Gasteiger charge is 2.14. The first-order valence-corrected chi connectivity index (χ1v) is 9.33. The average Bonchev–Trinajstić information content (AvgIpc) is 2.67. The lowest BCUT2D eigenvalue weighted by Crippen LogP contribution is -2.30. The van der Waals surface area contributed by atoms with Crippen LogP contribution in [0.3, 0.4) is 0 Å². The van der Waals surface area contributed by atoms with Gasteiger partial charge in [-0.3, -0.25) is 14.2 Å².